The Bertz CT molecular complexity index is 582. The molecule has 2 aromatic rings. The summed E-state index contributed by atoms with van der Waals surface area (Å²) in [5.74, 6) is 0. The summed E-state index contributed by atoms with van der Waals surface area (Å²) in [5.41, 5.74) is 3.88. The van der Waals surface area contributed by atoms with Crippen molar-refractivity contribution in [2.75, 3.05) is 11.9 Å². The van der Waals surface area contributed by atoms with E-state index in [0.717, 1.165) is 16.8 Å². The quantitative estimate of drug-likeness (QED) is 0.809. The van der Waals surface area contributed by atoms with Gasteiger partial charge in [0.05, 0.1) is 6.10 Å². The van der Waals surface area contributed by atoms with E-state index in [0.29, 0.717) is 0 Å². The monoisotopic (exact) mass is 290 g/mol. The molecule has 2 amide bonds. The number of hydrogen-bond donors (Lipinski definition) is 3. The van der Waals surface area contributed by atoms with Gasteiger partial charge in [-0.15, -0.1) is 0 Å². The van der Waals surface area contributed by atoms with Gasteiger partial charge in [-0.1, -0.05) is 6.07 Å². The van der Waals surface area contributed by atoms with E-state index in [4.69, 9.17) is 0 Å². The van der Waals surface area contributed by atoms with Crippen LogP contribution in [-0.4, -0.2) is 17.7 Å². The van der Waals surface area contributed by atoms with Crippen LogP contribution in [0.2, 0.25) is 0 Å². The van der Waals surface area contributed by atoms with E-state index < -0.39 is 6.10 Å². The predicted molar refractivity (Wildman–Crippen MR) is 82.2 cm³/mol. The summed E-state index contributed by atoms with van der Waals surface area (Å²) in [5, 5.41) is 19.0. The van der Waals surface area contributed by atoms with Gasteiger partial charge in [-0.05, 0) is 59.5 Å². The van der Waals surface area contributed by atoms with Crippen molar-refractivity contribution < 1.29 is 9.90 Å². The highest BCUT2D eigenvalue weighted by atomic mass is 32.1. The fourth-order valence-corrected chi connectivity index (χ4v) is 2.47. The van der Waals surface area contributed by atoms with Crippen LogP contribution in [0.1, 0.15) is 22.8 Å². The molecule has 0 aliphatic carbocycles. The molecule has 0 aliphatic heterocycles. The van der Waals surface area contributed by atoms with E-state index in [1.54, 1.807) is 0 Å². The molecule has 0 fully saturated rings. The van der Waals surface area contributed by atoms with Gasteiger partial charge in [0.2, 0.25) is 0 Å². The molecule has 1 aromatic carbocycles. The fourth-order valence-electron chi connectivity index (χ4n) is 1.77. The molecule has 0 unspecified atom stereocenters. The molecule has 0 saturated heterocycles. The first-order valence-corrected chi connectivity index (χ1v) is 7.33. The van der Waals surface area contributed by atoms with E-state index in [9.17, 15) is 9.90 Å². The number of aliphatic hydroxyl groups is 1. The second-order valence-electron chi connectivity index (χ2n) is 4.71. The largest absolute Gasteiger partial charge is 0.387 e. The second-order valence-corrected chi connectivity index (χ2v) is 5.49. The van der Waals surface area contributed by atoms with E-state index in [-0.39, 0.29) is 12.6 Å². The van der Waals surface area contributed by atoms with Crippen molar-refractivity contribution in [3.8, 4) is 0 Å². The number of aryl methyl sites for hydroxylation is 2. The highest BCUT2D eigenvalue weighted by molar-refractivity contribution is 7.07. The molecule has 0 saturated carbocycles. The Morgan fingerprint density at radius 3 is 2.75 bits per heavy atom. The zero-order chi connectivity index (χ0) is 14.5. The zero-order valence-electron chi connectivity index (χ0n) is 11.5. The Morgan fingerprint density at radius 1 is 1.30 bits per heavy atom. The molecule has 1 atom stereocenters. The van der Waals surface area contributed by atoms with Crippen LogP contribution in [0, 0.1) is 13.8 Å². The first-order chi connectivity index (χ1) is 9.56. The summed E-state index contributed by atoms with van der Waals surface area (Å²) >= 11 is 1.52. The Balaban J connectivity index is 1.85. The van der Waals surface area contributed by atoms with Crippen LogP contribution in [0.5, 0.6) is 0 Å². The highest BCUT2D eigenvalue weighted by Gasteiger charge is 2.09. The highest BCUT2D eigenvalue weighted by Crippen LogP contribution is 2.16. The Hall–Kier alpha value is -1.85. The van der Waals surface area contributed by atoms with Crippen LogP contribution in [0.3, 0.4) is 0 Å². The molecule has 0 spiro atoms. The average Bonchev–Trinajstić information content (AvgIpc) is 2.94. The van der Waals surface area contributed by atoms with Crippen LogP contribution >= 0.6 is 11.3 Å². The molecule has 20 heavy (non-hydrogen) atoms. The third-order valence-corrected chi connectivity index (χ3v) is 3.85. The Labute approximate surface area is 122 Å². The van der Waals surface area contributed by atoms with E-state index >= 15 is 0 Å². The number of hydrogen-bond acceptors (Lipinski definition) is 3. The molecule has 0 aliphatic rings. The number of carbonyl (C=O) groups excluding carboxylic acids is 1. The van der Waals surface area contributed by atoms with E-state index in [2.05, 4.69) is 10.6 Å². The minimum absolute atomic E-state index is 0.188. The summed E-state index contributed by atoms with van der Waals surface area (Å²) in [6, 6.07) is 7.27. The van der Waals surface area contributed by atoms with Crippen LogP contribution in [-0.2, 0) is 0 Å². The van der Waals surface area contributed by atoms with Crippen molar-refractivity contribution in [3.05, 3.63) is 51.7 Å². The summed E-state index contributed by atoms with van der Waals surface area (Å²) in [4.78, 5) is 11.8. The average molecular weight is 290 g/mol. The lowest BCUT2D eigenvalue weighted by Crippen LogP contribution is -2.32. The molecule has 4 nitrogen and oxygen atoms in total. The van der Waals surface area contributed by atoms with E-state index in [1.807, 2.05) is 48.9 Å². The lowest BCUT2D eigenvalue weighted by molar-refractivity contribution is 0.175. The molecular weight excluding hydrogens is 272 g/mol. The van der Waals surface area contributed by atoms with Gasteiger partial charge in [-0.25, -0.2) is 4.79 Å². The first kappa shape index (κ1) is 14.6. The number of rotatable bonds is 4. The van der Waals surface area contributed by atoms with Gasteiger partial charge in [0.1, 0.15) is 0 Å². The van der Waals surface area contributed by atoms with Crippen molar-refractivity contribution in [1.29, 1.82) is 0 Å². The summed E-state index contributed by atoms with van der Waals surface area (Å²) in [7, 11) is 0. The topological polar surface area (TPSA) is 61.4 Å². The van der Waals surface area contributed by atoms with Crippen LogP contribution in [0.4, 0.5) is 10.5 Å². The number of benzene rings is 1. The van der Waals surface area contributed by atoms with Gasteiger partial charge >= 0.3 is 6.03 Å². The molecule has 1 aromatic heterocycles. The molecule has 3 N–H and O–H groups in total. The lowest BCUT2D eigenvalue weighted by atomic mass is 10.1. The minimum Gasteiger partial charge on any atom is -0.387 e. The van der Waals surface area contributed by atoms with Crippen LogP contribution in [0.25, 0.3) is 0 Å². The van der Waals surface area contributed by atoms with Gasteiger partial charge in [0.25, 0.3) is 0 Å². The maximum absolute atomic E-state index is 11.8. The summed E-state index contributed by atoms with van der Waals surface area (Å²) in [6.07, 6.45) is -0.674. The molecule has 106 valence electrons. The van der Waals surface area contributed by atoms with Gasteiger partial charge in [-0.3, -0.25) is 0 Å². The molecule has 0 radical (unpaired) electrons. The molecule has 2 rings (SSSR count). The van der Waals surface area contributed by atoms with Crippen LogP contribution < -0.4 is 10.6 Å². The summed E-state index contributed by atoms with van der Waals surface area (Å²) < 4.78 is 0. The number of carbonyl (C=O) groups is 1. The first-order valence-electron chi connectivity index (χ1n) is 6.38. The zero-order valence-corrected chi connectivity index (χ0v) is 12.3. The third-order valence-electron chi connectivity index (χ3n) is 3.15. The maximum Gasteiger partial charge on any atom is 0.319 e. The number of thiophene rings is 1. The molecule has 1 heterocycles. The van der Waals surface area contributed by atoms with Gasteiger partial charge in [0.15, 0.2) is 0 Å². The van der Waals surface area contributed by atoms with Gasteiger partial charge in [-0.2, -0.15) is 11.3 Å². The van der Waals surface area contributed by atoms with E-state index in [1.165, 1.54) is 16.9 Å². The second kappa shape index (κ2) is 6.54. The lowest BCUT2D eigenvalue weighted by Gasteiger charge is -2.12. The SMILES string of the molecule is Cc1ccc(NC(=O)NC[C@@H](O)c2ccsc2)cc1C. The van der Waals surface area contributed by atoms with Crippen molar-refractivity contribution in [1.82, 2.24) is 5.32 Å². The number of anilines is 1. The smallest absolute Gasteiger partial charge is 0.319 e. The number of aliphatic hydroxyl groups excluding tert-OH is 1. The van der Waals surface area contributed by atoms with Gasteiger partial charge in [0, 0.05) is 12.2 Å². The molecule has 0 bridgehead atoms. The molecular formula is C15H18N2O2S. The number of nitrogens with one attached hydrogen (secondary N) is 2. The van der Waals surface area contributed by atoms with Gasteiger partial charge < -0.3 is 15.7 Å². The Morgan fingerprint density at radius 2 is 2.10 bits per heavy atom. The van der Waals surface area contributed by atoms with Crippen molar-refractivity contribution in [2.24, 2.45) is 0 Å². The number of urea groups is 1. The van der Waals surface area contributed by atoms with Crippen molar-refractivity contribution in [2.45, 2.75) is 20.0 Å². The molecule has 5 heteroatoms. The minimum atomic E-state index is -0.674. The standard InChI is InChI=1S/C15H18N2O2S/c1-10-3-4-13(7-11(10)2)17-15(19)16-8-14(18)12-5-6-20-9-12/h3-7,9,14,18H,8H2,1-2H3,(H2,16,17,19)/t14-/m1/s1. The fraction of sp³-hybridized carbons (Fsp3) is 0.267. The Kier molecular flexibility index (Phi) is 4.76. The third kappa shape index (κ3) is 3.82. The van der Waals surface area contributed by atoms with Crippen molar-refractivity contribution in [3.63, 3.8) is 0 Å². The predicted octanol–water partition coefficient (Wildman–Crippen LogP) is 3.22. The van der Waals surface area contributed by atoms with Crippen LogP contribution in [0.15, 0.2) is 35.0 Å². The maximum atomic E-state index is 11.8. The normalized spacial score (nSPS) is 11.9. The summed E-state index contributed by atoms with van der Waals surface area (Å²) in [6.45, 7) is 4.21. The van der Waals surface area contributed by atoms with Crippen molar-refractivity contribution >= 4 is 23.1 Å². The number of amides is 2.